The number of nitrogens with two attached hydrogens (primary N) is 1. The number of hydrogen-bond acceptors (Lipinski definition) is 1. The van der Waals surface area contributed by atoms with Crippen LogP contribution in [0.5, 0.6) is 0 Å². The molecular formula is C14H29NO. The summed E-state index contributed by atoms with van der Waals surface area (Å²) in [6.45, 7) is 4.44. The van der Waals surface area contributed by atoms with Gasteiger partial charge in [-0.25, -0.2) is 0 Å². The highest BCUT2D eigenvalue weighted by Crippen LogP contribution is 2.20. The summed E-state index contributed by atoms with van der Waals surface area (Å²) in [7, 11) is 0. The van der Waals surface area contributed by atoms with Gasteiger partial charge in [0.15, 0.2) is 0 Å². The van der Waals surface area contributed by atoms with Gasteiger partial charge in [-0.3, -0.25) is 4.79 Å². The fraction of sp³-hybridized carbons (Fsp3) is 0.929. The van der Waals surface area contributed by atoms with E-state index in [2.05, 4.69) is 13.8 Å². The highest BCUT2D eigenvalue weighted by molar-refractivity contribution is 5.73. The van der Waals surface area contributed by atoms with Gasteiger partial charge in [-0.1, -0.05) is 58.8 Å². The van der Waals surface area contributed by atoms with E-state index in [0.717, 1.165) is 0 Å². The fourth-order valence-electron chi connectivity index (χ4n) is 2.18. The van der Waals surface area contributed by atoms with E-state index in [1.54, 1.807) is 0 Å². The average Bonchev–Trinajstić information content (AvgIpc) is 2.23. The second-order valence-electron chi connectivity index (χ2n) is 4.88. The van der Waals surface area contributed by atoms with Gasteiger partial charge in [-0.2, -0.15) is 0 Å². The third kappa shape index (κ3) is 10.0. The van der Waals surface area contributed by atoms with Gasteiger partial charge in [0.25, 0.3) is 0 Å². The van der Waals surface area contributed by atoms with Crippen LogP contribution in [-0.2, 0) is 4.79 Å². The van der Waals surface area contributed by atoms with Crippen LogP contribution in [0.2, 0.25) is 0 Å². The van der Waals surface area contributed by atoms with Crippen molar-refractivity contribution in [1.29, 1.82) is 0 Å². The predicted octanol–water partition coefficient (Wildman–Crippen LogP) is 4.03. The van der Waals surface area contributed by atoms with Crippen molar-refractivity contribution < 1.29 is 4.79 Å². The summed E-state index contributed by atoms with van der Waals surface area (Å²) >= 11 is 0. The maximum atomic E-state index is 11.0. The minimum Gasteiger partial charge on any atom is -0.370 e. The number of hydrogen-bond donors (Lipinski definition) is 1. The van der Waals surface area contributed by atoms with Crippen molar-refractivity contribution in [2.45, 2.75) is 78.1 Å². The van der Waals surface area contributed by atoms with Crippen molar-refractivity contribution in [3.05, 3.63) is 0 Å². The molecule has 1 unspecified atom stereocenters. The molecule has 16 heavy (non-hydrogen) atoms. The van der Waals surface area contributed by atoms with Crippen LogP contribution in [0.25, 0.3) is 0 Å². The molecule has 0 aromatic heterocycles. The summed E-state index contributed by atoms with van der Waals surface area (Å²) < 4.78 is 0. The van der Waals surface area contributed by atoms with E-state index in [9.17, 15) is 4.79 Å². The van der Waals surface area contributed by atoms with Crippen LogP contribution in [-0.4, -0.2) is 5.91 Å². The number of amides is 1. The molecule has 2 nitrogen and oxygen atoms in total. The molecule has 1 atom stereocenters. The third-order valence-corrected chi connectivity index (χ3v) is 3.17. The van der Waals surface area contributed by atoms with Crippen molar-refractivity contribution in [2.75, 3.05) is 0 Å². The van der Waals surface area contributed by atoms with Gasteiger partial charge in [0.1, 0.15) is 0 Å². The predicted molar refractivity (Wildman–Crippen MR) is 70.2 cm³/mol. The van der Waals surface area contributed by atoms with Gasteiger partial charge in [0.05, 0.1) is 0 Å². The molecule has 0 fully saturated rings. The molecule has 0 heterocycles. The van der Waals surface area contributed by atoms with Gasteiger partial charge in [-0.05, 0) is 18.8 Å². The molecule has 1 amide bonds. The maximum Gasteiger partial charge on any atom is 0.217 e. The van der Waals surface area contributed by atoms with Crippen LogP contribution in [0.3, 0.4) is 0 Å². The third-order valence-electron chi connectivity index (χ3n) is 3.17. The first kappa shape index (κ1) is 15.5. The number of primary amides is 1. The van der Waals surface area contributed by atoms with Gasteiger partial charge in [-0.15, -0.1) is 0 Å². The summed E-state index contributed by atoms with van der Waals surface area (Å²) in [5.41, 5.74) is 5.29. The molecule has 0 saturated carbocycles. The highest BCUT2D eigenvalue weighted by Gasteiger charge is 2.11. The Kier molecular flexibility index (Phi) is 10.6. The van der Waals surface area contributed by atoms with E-state index < -0.39 is 0 Å². The zero-order valence-electron chi connectivity index (χ0n) is 11.1. The summed E-state index contributed by atoms with van der Waals surface area (Å²) in [5.74, 6) is 0.415. The molecule has 0 bridgehead atoms. The lowest BCUT2D eigenvalue weighted by Crippen LogP contribution is -2.16. The van der Waals surface area contributed by atoms with E-state index in [1.807, 2.05) is 0 Å². The van der Waals surface area contributed by atoms with Crippen molar-refractivity contribution in [1.82, 2.24) is 0 Å². The number of rotatable bonds is 11. The Morgan fingerprint density at radius 2 is 1.44 bits per heavy atom. The van der Waals surface area contributed by atoms with Crippen molar-refractivity contribution in [3.8, 4) is 0 Å². The van der Waals surface area contributed by atoms with Crippen LogP contribution in [0, 0.1) is 5.92 Å². The highest BCUT2D eigenvalue weighted by atomic mass is 16.1. The minimum absolute atomic E-state index is 0.128. The Morgan fingerprint density at radius 3 is 1.94 bits per heavy atom. The first-order valence-corrected chi connectivity index (χ1v) is 6.99. The van der Waals surface area contributed by atoms with E-state index in [-0.39, 0.29) is 5.91 Å². The Morgan fingerprint density at radius 1 is 0.938 bits per heavy atom. The van der Waals surface area contributed by atoms with Crippen LogP contribution in [0.1, 0.15) is 78.1 Å². The molecule has 0 aliphatic heterocycles. The van der Waals surface area contributed by atoms with E-state index in [0.29, 0.717) is 12.3 Å². The van der Waals surface area contributed by atoms with Gasteiger partial charge >= 0.3 is 0 Å². The number of carbonyl (C=O) groups excluding carboxylic acids is 1. The molecule has 0 aromatic carbocycles. The van der Waals surface area contributed by atoms with Crippen LogP contribution in [0.15, 0.2) is 0 Å². The molecular weight excluding hydrogens is 198 g/mol. The molecule has 0 aliphatic rings. The molecule has 2 N–H and O–H groups in total. The van der Waals surface area contributed by atoms with E-state index in [4.69, 9.17) is 5.73 Å². The molecule has 0 rings (SSSR count). The zero-order chi connectivity index (χ0) is 12.2. The molecule has 0 aliphatic carbocycles. The Balaban J connectivity index is 3.67. The lowest BCUT2D eigenvalue weighted by Gasteiger charge is -2.14. The smallest absolute Gasteiger partial charge is 0.217 e. The zero-order valence-corrected chi connectivity index (χ0v) is 11.1. The summed E-state index contributed by atoms with van der Waals surface area (Å²) in [6, 6.07) is 0. The second kappa shape index (κ2) is 11.0. The standard InChI is InChI=1S/C14H29NO/c1-3-5-7-9-11-13(12-14(15)16)10-8-6-4-2/h13H,3-12H2,1-2H3,(H2,15,16). The quantitative estimate of drug-likeness (QED) is 0.532. The van der Waals surface area contributed by atoms with Crippen LogP contribution >= 0.6 is 0 Å². The largest absolute Gasteiger partial charge is 0.370 e. The first-order chi connectivity index (χ1) is 7.70. The topological polar surface area (TPSA) is 43.1 Å². The lowest BCUT2D eigenvalue weighted by atomic mass is 9.92. The first-order valence-electron chi connectivity index (χ1n) is 6.99. The molecule has 2 heteroatoms. The summed E-state index contributed by atoms with van der Waals surface area (Å²) in [5, 5.41) is 0. The van der Waals surface area contributed by atoms with Gasteiger partial charge in [0.2, 0.25) is 5.91 Å². The molecule has 0 saturated heterocycles. The maximum absolute atomic E-state index is 11.0. The van der Waals surface area contributed by atoms with Gasteiger partial charge < -0.3 is 5.73 Å². The summed E-state index contributed by atoms with van der Waals surface area (Å²) in [4.78, 5) is 11.0. The molecule has 0 radical (unpaired) electrons. The molecule has 0 aromatic rings. The Labute approximate surface area is 101 Å². The molecule has 0 spiro atoms. The van der Waals surface area contributed by atoms with Crippen LogP contribution < -0.4 is 5.73 Å². The Hall–Kier alpha value is -0.530. The fourth-order valence-corrected chi connectivity index (χ4v) is 2.18. The van der Waals surface area contributed by atoms with Crippen molar-refractivity contribution in [3.63, 3.8) is 0 Å². The molecule has 96 valence electrons. The Bertz CT molecular complexity index is 168. The number of unbranched alkanes of at least 4 members (excludes halogenated alkanes) is 5. The van der Waals surface area contributed by atoms with E-state index >= 15 is 0 Å². The minimum atomic E-state index is -0.128. The average molecular weight is 227 g/mol. The van der Waals surface area contributed by atoms with Gasteiger partial charge in [0, 0.05) is 6.42 Å². The van der Waals surface area contributed by atoms with Crippen LogP contribution in [0.4, 0.5) is 0 Å². The van der Waals surface area contributed by atoms with Crippen molar-refractivity contribution in [2.24, 2.45) is 11.7 Å². The normalized spacial score (nSPS) is 12.6. The number of carbonyl (C=O) groups is 1. The summed E-state index contributed by atoms with van der Waals surface area (Å²) in [6.07, 6.45) is 11.9. The van der Waals surface area contributed by atoms with Crippen molar-refractivity contribution >= 4 is 5.91 Å². The second-order valence-corrected chi connectivity index (χ2v) is 4.88. The monoisotopic (exact) mass is 227 g/mol. The SMILES string of the molecule is CCCCCCC(CCCCC)CC(N)=O. The lowest BCUT2D eigenvalue weighted by molar-refractivity contribution is -0.119. The van der Waals surface area contributed by atoms with E-state index in [1.165, 1.54) is 57.8 Å².